The summed E-state index contributed by atoms with van der Waals surface area (Å²) < 4.78 is 4.76. The summed E-state index contributed by atoms with van der Waals surface area (Å²) >= 11 is 0. The van der Waals surface area contributed by atoms with Crippen molar-refractivity contribution in [2.75, 3.05) is 0 Å². The topological polar surface area (TPSA) is 22.2 Å². The summed E-state index contributed by atoms with van der Waals surface area (Å²) in [5, 5.41) is 9.82. The average molecular weight is 560 g/mol. The first-order valence-corrected chi connectivity index (χ1v) is 15.1. The Morgan fingerprint density at radius 2 is 0.977 bits per heavy atom. The van der Waals surface area contributed by atoms with Crippen LogP contribution in [0.5, 0.6) is 0 Å². The van der Waals surface area contributed by atoms with Gasteiger partial charge < -0.3 is 0 Å². The van der Waals surface area contributed by atoms with Crippen molar-refractivity contribution in [2.45, 2.75) is 0 Å². The molecule has 0 unspecified atom stereocenters. The van der Waals surface area contributed by atoms with Crippen molar-refractivity contribution in [3.63, 3.8) is 0 Å². The molecule has 0 aliphatic heterocycles. The van der Waals surface area contributed by atoms with E-state index in [0.717, 1.165) is 28.0 Å². The van der Waals surface area contributed by atoms with Gasteiger partial charge in [-0.15, -0.1) is 0 Å². The molecule has 0 saturated heterocycles. The minimum Gasteiger partial charge on any atom is -0.277 e. The Morgan fingerprint density at radius 1 is 0.409 bits per heavy atom. The summed E-state index contributed by atoms with van der Waals surface area (Å²) in [5.41, 5.74) is 8.11. The fourth-order valence-electron chi connectivity index (χ4n) is 7.45. The third-order valence-corrected chi connectivity index (χ3v) is 9.27. The van der Waals surface area contributed by atoms with Gasteiger partial charge in [0.2, 0.25) is 5.78 Å². The first-order valence-electron chi connectivity index (χ1n) is 15.1. The van der Waals surface area contributed by atoms with Crippen LogP contribution in [0, 0.1) is 0 Å². The molecule has 10 rings (SSSR count). The number of nitrogens with zero attached hydrogens (tertiary/aromatic N) is 3. The largest absolute Gasteiger partial charge is 0.277 e. The number of hydrogen-bond acceptors (Lipinski definition) is 1. The summed E-state index contributed by atoms with van der Waals surface area (Å²) in [6.45, 7) is 0. The van der Waals surface area contributed by atoms with E-state index in [1.165, 1.54) is 59.7 Å². The van der Waals surface area contributed by atoms with Gasteiger partial charge >= 0.3 is 0 Å². The van der Waals surface area contributed by atoms with Gasteiger partial charge in [-0.05, 0) is 56.3 Å². The predicted octanol–water partition coefficient (Wildman–Crippen LogP) is 10.7. The third kappa shape index (κ3) is 3.08. The highest BCUT2D eigenvalue weighted by Crippen LogP contribution is 2.45. The molecule has 0 aliphatic rings. The molecule has 3 heteroatoms. The SMILES string of the molecule is c1ccc2c(-c3c4ccccc4c(-n4c5ccc6ccccc6c5n5c6ccccc6nc45)c4ccccc34)cccc2c1. The highest BCUT2D eigenvalue weighted by atomic mass is 15.2. The highest BCUT2D eigenvalue weighted by Gasteiger charge is 2.24. The van der Waals surface area contributed by atoms with Crippen LogP contribution in [0.2, 0.25) is 0 Å². The van der Waals surface area contributed by atoms with Gasteiger partial charge in [0.25, 0.3) is 0 Å². The number of benzene rings is 8. The molecule has 8 aromatic carbocycles. The lowest BCUT2D eigenvalue weighted by Gasteiger charge is -2.19. The van der Waals surface area contributed by atoms with Gasteiger partial charge in [0.05, 0.1) is 27.8 Å². The molecule has 0 amide bonds. The number of para-hydroxylation sites is 2. The minimum absolute atomic E-state index is 0.922. The Labute approximate surface area is 252 Å². The minimum atomic E-state index is 0.922. The molecular weight excluding hydrogens is 534 g/mol. The van der Waals surface area contributed by atoms with E-state index >= 15 is 0 Å². The number of aromatic nitrogens is 3. The van der Waals surface area contributed by atoms with Crippen LogP contribution < -0.4 is 0 Å². The Hall–Kier alpha value is -5.93. The Balaban J connectivity index is 1.45. The van der Waals surface area contributed by atoms with Crippen LogP contribution in [-0.2, 0) is 0 Å². The van der Waals surface area contributed by atoms with Gasteiger partial charge in [0.1, 0.15) is 0 Å². The highest BCUT2D eigenvalue weighted by molar-refractivity contribution is 6.22. The Morgan fingerprint density at radius 3 is 1.73 bits per heavy atom. The number of hydrogen-bond donors (Lipinski definition) is 0. The van der Waals surface area contributed by atoms with Crippen molar-refractivity contribution in [1.82, 2.24) is 14.0 Å². The van der Waals surface area contributed by atoms with E-state index in [9.17, 15) is 0 Å². The zero-order chi connectivity index (χ0) is 28.8. The summed E-state index contributed by atoms with van der Waals surface area (Å²) in [6.07, 6.45) is 0. The van der Waals surface area contributed by atoms with Crippen molar-refractivity contribution in [3.8, 4) is 16.8 Å². The molecule has 0 radical (unpaired) electrons. The lowest BCUT2D eigenvalue weighted by Crippen LogP contribution is -2.00. The number of imidazole rings is 2. The average Bonchev–Trinajstić information content (AvgIpc) is 3.62. The quantitative estimate of drug-likeness (QED) is 0.193. The lowest BCUT2D eigenvalue weighted by molar-refractivity contribution is 1.13. The molecule has 10 aromatic rings. The van der Waals surface area contributed by atoms with Gasteiger partial charge in [0.15, 0.2) is 0 Å². The first kappa shape index (κ1) is 23.6. The van der Waals surface area contributed by atoms with E-state index in [1.54, 1.807) is 0 Å². The van der Waals surface area contributed by atoms with Crippen LogP contribution in [0.1, 0.15) is 0 Å². The Kier molecular flexibility index (Phi) is 4.72. The zero-order valence-corrected chi connectivity index (χ0v) is 23.8. The number of fused-ring (bicyclic) bond motifs is 10. The van der Waals surface area contributed by atoms with Crippen molar-refractivity contribution in [1.29, 1.82) is 0 Å². The molecule has 3 nitrogen and oxygen atoms in total. The normalized spacial score (nSPS) is 12.1. The molecule has 0 saturated carbocycles. The summed E-state index contributed by atoms with van der Waals surface area (Å²) in [5.74, 6) is 0.922. The lowest BCUT2D eigenvalue weighted by atomic mass is 9.88. The van der Waals surface area contributed by atoms with Crippen molar-refractivity contribution >= 4 is 70.9 Å². The van der Waals surface area contributed by atoms with Crippen LogP contribution in [0.4, 0.5) is 0 Å². The maximum atomic E-state index is 5.30. The van der Waals surface area contributed by atoms with Crippen molar-refractivity contribution < 1.29 is 0 Å². The zero-order valence-electron chi connectivity index (χ0n) is 23.8. The predicted molar refractivity (Wildman–Crippen MR) is 185 cm³/mol. The van der Waals surface area contributed by atoms with Gasteiger partial charge in [-0.2, -0.15) is 0 Å². The second-order valence-electron chi connectivity index (χ2n) is 11.6. The van der Waals surface area contributed by atoms with Crippen LogP contribution in [0.25, 0.3) is 87.7 Å². The second-order valence-corrected chi connectivity index (χ2v) is 11.6. The fourth-order valence-corrected chi connectivity index (χ4v) is 7.45. The van der Waals surface area contributed by atoms with Crippen molar-refractivity contribution in [2.24, 2.45) is 0 Å². The van der Waals surface area contributed by atoms with Gasteiger partial charge in [-0.25, -0.2) is 4.98 Å². The van der Waals surface area contributed by atoms with E-state index < -0.39 is 0 Å². The van der Waals surface area contributed by atoms with Gasteiger partial charge in [-0.3, -0.25) is 8.97 Å². The van der Waals surface area contributed by atoms with Gasteiger partial charge in [0, 0.05) is 16.2 Å². The van der Waals surface area contributed by atoms with E-state index in [-0.39, 0.29) is 0 Å². The van der Waals surface area contributed by atoms with Crippen molar-refractivity contribution in [3.05, 3.63) is 152 Å². The van der Waals surface area contributed by atoms with Crippen LogP contribution >= 0.6 is 0 Å². The molecule has 0 atom stereocenters. The summed E-state index contributed by atoms with van der Waals surface area (Å²) in [4.78, 5) is 5.30. The fraction of sp³-hybridized carbons (Fsp3) is 0. The number of rotatable bonds is 2. The Bertz CT molecular complexity index is 2720. The van der Waals surface area contributed by atoms with Crippen LogP contribution in [0.15, 0.2) is 152 Å². The maximum Gasteiger partial charge on any atom is 0.220 e. The van der Waals surface area contributed by atoms with E-state index in [0.29, 0.717) is 0 Å². The second kappa shape index (κ2) is 8.79. The molecule has 2 aromatic heterocycles. The molecule has 0 spiro atoms. The van der Waals surface area contributed by atoms with Crippen LogP contribution in [-0.4, -0.2) is 14.0 Å². The summed E-state index contributed by atoms with van der Waals surface area (Å²) in [6, 6.07) is 54.8. The molecular formula is C41H25N3. The maximum absolute atomic E-state index is 5.30. The standard InChI is InChI=1S/C41H25N3/c1-3-15-28-26(12-1)14-11-21-30(28)38-31-17-5-7-19-33(31)39(34-20-8-6-18-32(34)38)44-37-25-24-27-13-2-4-16-29(27)40(37)43-36-23-10-9-22-35(36)42-41(43)44/h1-25H. The molecule has 2 heterocycles. The molecule has 0 aliphatic carbocycles. The molecule has 0 fully saturated rings. The van der Waals surface area contributed by atoms with E-state index in [2.05, 4.69) is 161 Å². The van der Waals surface area contributed by atoms with Crippen LogP contribution in [0.3, 0.4) is 0 Å². The summed E-state index contributed by atoms with van der Waals surface area (Å²) in [7, 11) is 0. The van der Waals surface area contributed by atoms with E-state index in [4.69, 9.17) is 4.98 Å². The van der Waals surface area contributed by atoms with Gasteiger partial charge in [-0.1, -0.05) is 133 Å². The molecule has 44 heavy (non-hydrogen) atoms. The monoisotopic (exact) mass is 559 g/mol. The molecule has 0 bridgehead atoms. The third-order valence-electron chi connectivity index (χ3n) is 9.27. The molecule has 0 N–H and O–H groups in total. The first-order chi connectivity index (χ1) is 21.9. The molecule has 204 valence electrons. The smallest absolute Gasteiger partial charge is 0.220 e. The van der Waals surface area contributed by atoms with E-state index in [1.807, 2.05) is 0 Å².